The lowest BCUT2D eigenvalue weighted by atomic mass is 10.1. The van der Waals surface area contributed by atoms with E-state index in [-0.39, 0.29) is 17.6 Å². The fourth-order valence-electron chi connectivity index (χ4n) is 2.49. The van der Waals surface area contributed by atoms with Gasteiger partial charge in [0.1, 0.15) is 0 Å². The van der Waals surface area contributed by atoms with Crippen molar-refractivity contribution in [1.29, 1.82) is 0 Å². The standard InChI is InChI=1S/C18H20N2O5/c1-11-9-14(5-7-15(11)20(22)23)18(21)19-12(2)13-6-8-16(24-3)17(10-13)25-4/h5-10,12H,1-4H3,(H,19,21). The van der Waals surface area contributed by atoms with Crippen LogP contribution < -0.4 is 14.8 Å². The maximum Gasteiger partial charge on any atom is 0.272 e. The van der Waals surface area contributed by atoms with E-state index in [1.165, 1.54) is 18.2 Å². The highest BCUT2D eigenvalue weighted by Gasteiger charge is 2.17. The van der Waals surface area contributed by atoms with E-state index in [9.17, 15) is 14.9 Å². The number of hydrogen-bond donors (Lipinski definition) is 1. The first-order chi connectivity index (χ1) is 11.9. The van der Waals surface area contributed by atoms with Crippen LogP contribution >= 0.6 is 0 Å². The van der Waals surface area contributed by atoms with E-state index in [2.05, 4.69) is 5.32 Å². The first-order valence-corrected chi connectivity index (χ1v) is 7.65. The predicted octanol–water partition coefficient (Wildman–Crippen LogP) is 3.41. The Morgan fingerprint density at radius 3 is 2.36 bits per heavy atom. The molecule has 0 aliphatic heterocycles. The molecule has 0 fully saturated rings. The van der Waals surface area contributed by atoms with Gasteiger partial charge in [-0.15, -0.1) is 0 Å². The molecule has 0 bridgehead atoms. The van der Waals surface area contributed by atoms with Crippen molar-refractivity contribution >= 4 is 11.6 Å². The summed E-state index contributed by atoms with van der Waals surface area (Å²) in [4.78, 5) is 22.8. The predicted molar refractivity (Wildman–Crippen MR) is 93.3 cm³/mol. The van der Waals surface area contributed by atoms with Crippen molar-refractivity contribution in [3.8, 4) is 11.5 Å². The van der Waals surface area contributed by atoms with Gasteiger partial charge in [-0.2, -0.15) is 0 Å². The third-order valence-electron chi connectivity index (χ3n) is 3.91. The zero-order valence-corrected chi connectivity index (χ0v) is 14.5. The lowest BCUT2D eigenvalue weighted by Gasteiger charge is -2.16. The molecule has 0 aromatic heterocycles. The Kier molecular flexibility index (Phi) is 5.59. The van der Waals surface area contributed by atoms with Crippen LogP contribution in [0.1, 0.15) is 34.5 Å². The number of carbonyl (C=O) groups is 1. The maximum absolute atomic E-state index is 12.4. The number of methoxy groups -OCH3 is 2. The second-order valence-corrected chi connectivity index (χ2v) is 5.57. The van der Waals surface area contributed by atoms with Gasteiger partial charge < -0.3 is 14.8 Å². The van der Waals surface area contributed by atoms with Crippen molar-refractivity contribution in [1.82, 2.24) is 5.32 Å². The van der Waals surface area contributed by atoms with Gasteiger partial charge in [0.25, 0.3) is 11.6 Å². The summed E-state index contributed by atoms with van der Waals surface area (Å²) in [7, 11) is 3.10. The zero-order chi connectivity index (χ0) is 18.6. The van der Waals surface area contributed by atoms with Gasteiger partial charge in [0.05, 0.1) is 25.2 Å². The minimum absolute atomic E-state index is 0.00973. The summed E-state index contributed by atoms with van der Waals surface area (Å²) in [5.74, 6) is 0.878. The summed E-state index contributed by atoms with van der Waals surface area (Å²) in [5.41, 5.74) is 1.65. The molecular formula is C18H20N2O5. The monoisotopic (exact) mass is 344 g/mol. The number of nitrogens with zero attached hydrogens (tertiary/aromatic N) is 1. The molecule has 1 N–H and O–H groups in total. The Hall–Kier alpha value is -3.09. The van der Waals surface area contributed by atoms with E-state index in [1.807, 2.05) is 13.0 Å². The fraction of sp³-hybridized carbons (Fsp3) is 0.278. The van der Waals surface area contributed by atoms with Crippen LogP contribution in [0.4, 0.5) is 5.69 Å². The van der Waals surface area contributed by atoms with Crippen LogP contribution in [0.15, 0.2) is 36.4 Å². The molecule has 0 spiro atoms. The zero-order valence-electron chi connectivity index (χ0n) is 14.5. The first kappa shape index (κ1) is 18.3. The summed E-state index contributed by atoms with van der Waals surface area (Å²) in [6.07, 6.45) is 0. The van der Waals surface area contributed by atoms with E-state index in [0.717, 1.165) is 5.56 Å². The molecule has 0 saturated carbocycles. The quantitative estimate of drug-likeness (QED) is 0.640. The van der Waals surface area contributed by atoms with Crippen LogP contribution in [-0.2, 0) is 0 Å². The van der Waals surface area contributed by atoms with E-state index < -0.39 is 4.92 Å². The minimum atomic E-state index is -0.469. The largest absolute Gasteiger partial charge is 0.493 e. The van der Waals surface area contributed by atoms with Gasteiger partial charge in [-0.25, -0.2) is 0 Å². The number of hydrogen-bond acceptors (Lipinski definition) is 5. The number of rotatable bonds is 6. The minimum Gasteiger partial charge on any atom is -0.493 e. The molecule has 132 valence electrons. The van der Waals surface area contributed by atoms with Crippen LogP contribution in [-0.4, -0.2) is 25.1 Å². The van der Waals surface area contributed by atoms with Gasteiger partial charge in [0.15, 0.2) is 11.5 Å². The van der Waals surface area contributed by atoms with Gasteiger partial charge in [-0.1, -0.05) is 6.07 Å². The van der Waals surface area contributed by atoms with Crippen molar-refractivity contribution in [3.05, 3.63) is 63.2 Å². The third-order valence-corrected chi connectivity index (χ3v) is 3.91. The molecule has 1 unspecified atom stereocenters. The highest BCUT2D eigenvalue weighted by Crippen LogP contribution is 2.30. The third kappa shape index (κ3) is 4.06. The lowest BCUT2D eigenvalue weighted by molar-refractivity contribution is -0.385. The summed E-state index contributed by atoms with van der Waals surface area (Å²) in [6.45, 7) is 3.45. The van der Waals surface area contributed by atoms with Gasteiger partial charge in [-0.05, 0) is 43.7 Å². The highest BCUT2D eigenvalue weighted by molar-refractivity contribution is 5.95. The second-order valence-electron chi connectivity index (χ2n) is 5.57. The van der Waals surface area contributed by atoms with Gasteiger partial charge in [0.2, 0.25) is 0 Å². The molecule has 0 saturated heterocycles. The van der Waals surface area contributed by atoms with Crippen molar-refractivity contribution in [2.45, 2.75) is 19.9 Å². The van der Waals surface area contributed by atoms with Crippen molar-refractivity contribution in [3.63, 3.8) is 0 Å². The Balaban J connectivity index is 2.17. The summed E-state index contributed by atoms with van der Waals surface area (Å²) in [5, 5.41) is 13.7. The van der Waals surface area contributed by atoms with Crippen molar-refractivity contribution in [2.24, 2.45) is 0 Å². The van der Waals surface area contributed by atoms with Crippen LogP contribution in [0.3, 0.4) is 0 Å². The molecule has 2 aromatic rings. The number of benzene rings is 2. The Morgan fingerprint density at radius 2 is 1.80 bits per heavy atom. The van der Waals surface area contributed by atoms with E-state index in [1.54, 1.807) is 33.3 Å². The molecule has 2 aromatic carbocycles. The normalized spacial score (nSPS) is 11.5. The molecular weight excluding hydrogens is 324 g/mol. The van der Waals surface area contributed by atoms with Gasteiger partial charge in [0, 0.05) is 17.2 Å². The summed E-state index contributed by atoms with van der Waals surface area (Å²) in [6, 6.07) is 9.43. The Bertz CT molecular complexity index is 804. The average Bonchev–Trinajstić information content (AvgIpc) is 2.60. The molecule has 25 heavy (non-hydrogen) atoms. The Morgan fingerprint density at radius 1 is 1.12 bits per heavy atom. The van der Waals surface area contributed by atoms with Crippen molar-refractivity contribution in [2.75, 3.05) is 14.2 Å². The average molecular weight is 344 g/mol. The Labute approximate surface area is 145 Å². The van der Waals surface area contributed by atoms with Gasteiger partial charge in [-0.3, -0.25) is 14.9 Å². The van der Waals surface area contributed by atoms with Crippen LogP contribution in [0.25, 0.3) is 0 Å². The second kappa shape index (κ2) is 7.65. The number of aryl methyl sites for hydroxylation is 1. The molecule has 1 amide bonds. The molecule has 0 heterocycles. The van der Waals surface area contributed by atoms with Crippen LogP contribution in [0, 0.1) is 17.0 Å². The topological polar surface area (TPSA) is 90.7 Å². The number of amides is 1. The van der Waals surface area contributed by atoms with Crippen LogP contribution in [0.2, 0.25) is 0 Å². The molecule has 0 radical (unpaired) electrons. The van der Waals surface area contributed by atoms with E-state index in [4.69, 9.17) is 9.47 Å². The van der Waals surface area contributed by atoms with Crippen LogP contribution in [0.5, 0.6) is 11.5 Å². The smallest absolute Gasteiger partial charge is 0.272 e. The van der Waals surface area contributed by atoms with E-state index >= 15 is 0 Å². The number of ether oxygens (including phenoxy) is 2. The molecule has 0 aliphatic rings. The van der Waals surface area contributed by atoms with Gasteiger partial charge >= 0.3 is 0 Å². The lowest BCUT2D eigenvalue weighted by Crippen LogP contribution is -2.26. The number of nitrogens with one attached hydrogen (secondary N) is 1. The first-order valence-electron chi connectivity index (χ1n) is 7.65. The maximum atomic E-state index is 12.4. The van der Waals surface area contributed by atoms with E-state index in [0.29, 0.717) is 22.6 Å². The van der Waals surface area contributed by atoms with Crippen molar-refractivity contribution < 1.29 is 19.2 Å². The number of nitro benzene ring substituents is 1. The summed E-state index contributed by atoms with van der Waals surface area (Å²) >= 11 is 0. The number of carbonyl (C=O) groups excluding carboxylic acids is 1. The molecule has 7 nitrogen and oxygen atoms in total. The molecule has 7 heteroatoms. The SMILES string of the molecule is COc1ccc(C(C)NC(=O)c2ccc([N+](=O)[O-])c(C)c2)cc1OC. The highest BCUT2D eigenvalue weighted by atomic mass is 16.6. The fourth-order valence-corrected chi connectivity index (χ4v) is 2.49. The molecule has 0 aliphatic carbocycles. The number of nitro groups is 1. The molecule has 2 rings (SSSR count). The molecule has 1 atom stereocenters. The summed E-state index contributed by atoms with van der Waals surface area (Å²) < 4.78 is 10.5.